The second-order valence-electron chi connectivity index (χ2n) is 8.38. The van der Waals surface area contributed by atoms with Crippen molar-refractivity contribution in [1.29, 1.82) is 0 Å². The largest absolute Gasteiger partial charge is 0.416 e. The quantitative estimate of drug-likeness (QED) is 0.433. The number of benzene rings is 2. The Bertz CT molecular complexity index is 1430. The number of nitrogens with two attached hydrogens (primary N) is 1. The summed E-state index contributed by atoms with van der Waals surface area (Å²) < 4.78 is 56.0. The molecule has 0 unspecified atom stereocenters. The molecule has 0 fully saturated rings. The van der Waals surface area contributed by atoms with Crippen LogP contribution in [-0.2, 0) is 6.18 Å². The number of hydrogen-bond donors (Lipinski definition) is 1. The number of rotatable bonds is 2. The van der Waals surface area contributed by atoms with Crippen LogP contribution in [0.5, 0.6) is 0 Å². The van der Waals surface area contributed by atoms with Crippen LogP contribution in [0.3, 0.4) is 0 Å². The molecule has 0 spiro atoms. The summed E-state index contributed by atoms with van der Waals surface area (Å²) in [6, 6.07) is 5.64. The first-order valence-electron chi connectivity index (χ1n) is 10.2. The van der Waals surface area contributed by atoms with Crippen LogP contribution in [0.4, 0.5) is 23.4 Å². The number of imidazole rings is 1. The SMILES string of the molecule is C[C@@H]1C[C@@H](N(C)C(=O)c2cc3c(cc2F)nc(N)c2cncn23)c2ccc(C(F)(F)F)cc21. The molecule has 2 aromatic carbocycles. The molecule has 4 aromatic rings. The molecule has 5 rings (SSSR count). The molecule has 1 aliphatic carbocycles. The van der Waals surface area contributed by atoms with E-state index >= 15 is 0 Å². The third-order valence-electron chi connectivity index (χ3n) is 6.36. The third kappa shape index (κ3) is 3.28. The van der Waals surface area contributed by atoms with E-state index < -0.39 is 29.5 Å². The molecule has 0 radical (unpaired) electrons. The Hall–Kier alpha value is -3.69. The van der Waals surface area contributed by atoms with Crippen molar-refractivity contribution in [2.75, 3.05) is 12.8 Å². The minimum absolute atomic E-state index is 0.167. The molecule has 0 bridgehead atoms. The summed E-state index contributed by atoms with van der Waals surface area (Å²) in [7, 11) is 1.53. The van der Waals surface area contributed by atoms with E-state index in [4.69, 9.17) is 5.73 Å². The fourth-order valence-corrected chi connectivity index (χ4v) is 4.63. The number of fused-ring (bicyclic) bond motifs is 4. The van der Waals surface area contributed by atoms with Crippen molar-refractivity contribution >= 4 is 28.3 Å². The van der Waals surface area contributed by atoms with E-state index in [1.54, 1.807) is 4.40 Å². The first-order chi connectivity index (χ1) is 15.6. The molecule has 2 aromatic heterocycles. The van der Waals surface area contributed by atoms with Gasteiger partial charge >= 0.3 is 6.18 Å². The van der Waals surface area contributed by atoms with Crippen LogP contribution < -0.4 is 5.73 Å². The van der Waals surface area contributed by atoms with Gasteiger partial charge in [-0.15, -0.1) is 0 Å². The van der Waals surface area contributed by atoms with E-state index in [9.17, 15) is 22.4 Å². The van der Waals surface area contributed by atoms with Gasteiger partial charge in [-0.05, 0) is 41.7 Å². The predicted molar refractivity (Wildman–Crippen MR) is 114 cm³/mol. The average molecular weight is 457 g/mol. The molecule has 2 N–H and O–H groups in total. The van der Waals surface area contributed by atoms with Gasteiger partial charge in [0.1, 0.15) is 17.2 Å². The molecule has 6 nitrogen and oxygen atoms in total. The highest BCUT2D eigenvalue weighted by atomic mass is 19.4. The monoisotopic (exact) mass is 457 g/mol. The lowest BCUT2D eigenvalue weighted by Gasteiger charge is -2.26. The summed E-state index contributed by atoms with van der Waals surface area (Å²) >= 11 is 0. The van der Waals surface area contributed by atoms with Crippen LogP contribution >= 0.6 is 0 Å². The van der Waals surface area contributed by atoms with Gasteiger partial charge in [0.05, 0.1) is 40.7 Å². The highest BCUT2D eigenvalue weighted by Crippen LogP contribution is 2.45. The van der Waals surface area contributed by atoms with Crippen molar-refractivity contribution in [1.82, 2.24) is 19.3 Å². The summed E-state index contributed by atoms with van der Waals surface area (Å²) in [5, 5.41) is 0. The number of alkyl halides is 3. The maximum absolute atomic E-state index is 15.0. The first-order valence-corrected chi connectivity index (χ1v) is 10.2. The Balaban J connectivity index is 1.54. The molecule has 1 aliphatic rings. The number of carbonyl (C=O) groups is 1. The van der Waals surface area contributed by atoms with E-state index in [-0.39, 0.29) is 22.8 Å². The van der Waals surface area contributed by atoms with Crippen LogP contribution in [0.1, 0.15) is 52.4 Å². The smallest absolute Gasteiger partial charge is 0.382 e. The summed E-state index contributed by atoms with van der Waals surface area (Å²) in [6.45, 7) is 1.82. The Labute approximate surface area is 185 Å². The molecule has 2 heterocycles. The number of amides is 1. The lowest BCUT2D eigenvalue weighted by atomic mass is 10.0. The Morgan fingerprint density at radius 2 is 1.94 bits per heavy atom. The molecule has 170 valence electrons. The topological polar surface area (TPSA) is 76.5 Å². The molecule has 0 aliphatic heterocycles. The van der Waals surface area contributed by atoms with Gasteiger partial charge in [-0.3, -0.25) is 9.20 Å². The van der Waals surface area contributed by atoms with Gasteiger partial charge in [0.25, 0.3) is 5.91 Å². The standard InChI is InChI=1S/C23H19F4N5O/c1-11-5-18(13-4-3-12(6-14(11)13)23(25,26)27)31(2)22(33)15-7-19-17(8-16(15)24)30-21(28)20-9-29-10-32(19)20/h3-4,6-11,18H,5H2,1-2H3,(H2,28,30)/t11-,18-/m1/s1. The first kappa shape index (κ1) is 21.2. The zero-order valence-electron chi connectivity index (χ0n) is 17.7. The second kappa shape index (κ2) is 7.16. The Morgan fingerprint density at radius 1 is 1.18 bits per heavy atom. The molecule has 33 heavy (non-hydrogen) atoms. The van der Waals surface area contributed by atoms with Gasteiger partial charge < -0.3 is 10.6 Å². The molecule has 0 saturated heterocycles. The fraction of sp³-hybridized carbons (Fsp3) is 0.261. The Morgan fingerprint density at radius 3 is 2.67 bits per heavy atom. The van der Waals surface area contributed by atoms with Gasteiger partial charge in [0.15, 0.2) is 0 Å². The Kier molecular flexibility index (Phi) is 4.59. The molecular weight excluding hydrogens is 438 g/mol. The maximum Gasteiger partial charge on any atom is 0.416 e. The molecule has 2 atom stereocenters. The number of nitrogen functional groups attached to an aromatic ring is 1. The summed E-state index contributed by atoms with van der Waals surface area (Å²) in [5.74, 6) is -1.33. The predicted octanol–water partition coefficient (Wildman–Crippen LogP) is 4.94. The summed E-state index contributed by atoms with van der Waals surface area (Å²) in [4.78, 5) is 22.9. The molecule has 0 saturated carbocycles. The molecule has 10 heteroatoms. The second-order valence-corrected chi connectivity index (χ2v) is 8.38. The van der Waals surface area contributed by atoms with E-state index in [2.05, 4.69) is 9.97 Å². The van der Waals surface area contributed by atoms with Gasteiger partial charge in [0, 0.05) is 13.1 Å². The summed E-state index contributed by atoms with van der Waals surface area (Å²) in [5.41, 5.74) is 7.46. The number of aromatic nitrogens is 3. The van der Waals surface area contributed by atoms with Crippen molar-refractivity contribution in [2.24, 2.45) is 0 Å². The summed E-state index contributed by atoms with van der Waals surface area (Å²) in [6.07, 6.45) is -0.986. The number of carbonyl (C=O) groups excluding carboxylic acids is 1. The number of nitrogens with zero attached hydrogens (tertiary/aromatic N) is 4. The zero-order chi connectivity index (χ0) is 23.7. The van der Waals surface area contributed by atoms with E-state index in [1.165, 1.54) is 36.6 Å². The lowest BCUT2D eigenvalue weighted by molar-refractivity contribution is -0.137. The lowest BCUT2D eigenvalue weighted by Crippen LogP contribution is -2.31. The maximum atomic E-state index is 15.0. The fourth-order valence-electron chi connectivity index (χ4n) is 4.63. The van der Waals surface area contributed by atoms with Crippen molar-refractivity contribution in [3.05, 3.63) is 70.9 Å². The number of hydrogen-bond acceptors (Lipinski definition) is 4. The molecular formula is C23H19F4N5O. The highest BCUT2D eigenvalue weighted by Gasteiger charge is 2.37. The minimum atomic E-state index is -4.45. The van der Waals surface area contributed by atoms with Crippen molar-refractivity contribution in [2.45, 2.75) is 31.5 Å². The van der Waals surface area contributed by atoms with Gasteiger partial charge in [0.2, 0.25) is 0 Å². The number of anilines is 1. The third-order valence-corrected chi connectivity index (χ3v) is 6.36. The van der Waals surface area contributed by atoms with Crippen LogP contribution in [0, 0.1) is 5.82 Å². The van der Waals surface area contributed by atoms with Crippen molar-refractivity contribution < 1.29 is 22.4 Å². The van der Waals surface area contributed by atoms with Gasteiger partial charge in [-0.25, -0.2) is 14.4 Å². The van der Waals surface area contributed by atoms with Gasteiger partial charge in [-0.2, -0.15) is 13.2 Å². The normalized spacial score (nSPS) is 18.1. The van der Waals surface area contributed by atoms with Crippen molar-refractivity contribution in [3.8, 4) is 0 Å². The van der Waals surface area contributed by atoms with Crippen LogP contribution in [-0.4, -0.2) is 32.2 Å². The molecule has 1 amide bonds. The van der Waals surface area contributed by atoms with Crippen LogP contribution in [0.25, 0.3) is 16.6 Å². The zero-order valence-corrected chi connectivity index (χ0v) is 17.7. The van der Waals surface area contributed by atoms with E-state index in [1.807, 2.05) is 6.92 Å². The minimum Gasteiger partial charge on any atom is -0.382 e. The van der Waals surface area contributed by atoms with Crippen LogP contribution in [0.15, 0.2) is 42.9 Å². The average Bonchev–Trinajstić information content (AvgIpc) is 3.37. The van der Waals surface area contributed by atoms with Gasteiger partial charge in [-0.1, -0.05) is 13.0 Å². The van der Waals surface area contributed by atoms with E-state index in [0.29, 0.717) is 28.6 Å². The van der Waals surface area contributed by atoms with E-state index in [0.717, 1.165) is 18.2 Å². The van der Waals surface area contributed by atoms with Crippen LogP contribution in [0.2, 0.25) is 0 Å². The van der Waals surface area contributed by atoms with Crippen molar-refractivity contribution in [3.63, 3.8) is 0 Å². The number of halogens is 4. The highest BCUT2D eigenvalue weighted by molar-refractivity contribution is 5.98.